The Bertz CT molecular complexity index is 292. The maximum absolute atomic E-state index is 11.4. The fraction of sp³-hybridized carbons (Fsp3) is 0.800. The molecule has 0 bridgehead atoms. The SMILES string of the molecule is CCCN(CO)C1C[C@@H]2C(=O)NC(=O)C12. The summed E-state index contributed by atoms with van der Waals surface area (Å²) in [6.07, 6.45) is 1.63. The standard InChI is InChI=1S/C10H16N2O3/c1-2-3-12(5-13)7-4-6-8(7)10(15)11-9(6)14/h6-8,13H,2-5H2,1H3,(H,11,14,15)/t6-,7?,8?/m0/s1. The van der Waals surface area contributed by atoms with Crippen LogP contribution in [0.2, 0.25) is 0 Å². The van der Waals surface area contributed by atoms with Gasteiger partial charge < -0.3 is 5.11 Å². The van der Waals surface area contributed by atoms with E-state index < -0.39 is 0 Å². The molecule has 15 heavy (non-hydrogen) atoms. The average Bonchev–Trinajstić information content (AvgIpc) is 2.34. The smallest absolute Gasteiger partial charge is 0.232 e. The summed E-state index contributed by atoms with van der Waals surface area (Å²) in [6, 6.07) is 0.0476. The number of amides is 2. The van der Waals surface area contributed by atoms with Gasteiger partial charge in [-0.3, -0.25) is 19.8 Å². The molecule has 2 amide bonds. The van der Waals surface area contributed by atoms with E-state index in [1.807, 2.05) is 11.8 Å². The van der Waals surface area contributed by atoms with Gasteiger partial charge in [-0.15, -0.1) is 0 Å². The largest absolute Gasteiger partial charge is 0.381 e. The Hall–Kier alpha value is -0.940. The number of hydrogen-bond donors (Lipinski definition) is 2. The average molecular weight is 212 g/mol. The summed E-state index contributed by atoms with van der Waals surface area (Å²) in [5.74, 6) is -0.684. The van der Waals surface area contributed by atoms with Crippen molar-refractivity contribution in [2.24, 2.45) is 11.8 Å². The van der Waals surface area contributed by atoms with Gasteiger partial charge in [-0.05, 0) is 12.8 Å². The molecule has 2 N–H and O–H groups in total. The molecule has 3 atom stereocenters. The molecule has 2 rings (SSSR count). The van der Waals surface area contributed by atoms with E-state index in [1.54, 1.807) is 0 Å². The van der Waals surface area contributed by atoms with Gasteiger partial charge in [0, 0.05) is 12.6 Å². The lowest BCUT2D eigenvalue weighted by Gasteiger charge is -2.43. The maximum Gasteiger partial charge on any atom is 0.232 e. The van der Waals surface area contributed by atoms with E-state index in [9.17, 15) is 14.7 Å². The van der Waals surface area contributed by atoms with Gasteiger partial charge in [-0.25, -0.2) is 0 Å². The van der Waals surface area contributed by atoms with E-state index >= 15 is 0 Å². The van der Waals surface area contributed by atoms with Crippen LogP contribution in [-0.2, 0) is 9.59 Å². The van der Waals surface area contributed by atoms with E-state index in [1.165, 1.54) is 0 Å². The molecule has 5 heteroatoms. The molecule has 1 aliphatic heterocycles. The van der Waals surface area contributed by atoms with E-state index in [0.717, 1.165) is 13.0 Å². The molecule has 0 spiro atoms. The van der Waals surface area contributed by atoms with Crippen LogP contribution in [0.3, 0.4) is 0 Å². The molecule has 1 saturated carbocycles. The summed E-state index contributed by atoms with van der Waals surface area (Å²) in [7, 11) is 0. The lowest BCUT2D eigenvalue weighted by Crippen LogP contribution is -2.54. The van der Waals surface area contributed by atoms with E-state index in [-0.39, 0.29) is 36.4 Å². The Balaban J connectivity index is 2.02. The third-order valence-corrected chi connectivity index (χ3v) is 3.39. The molecule has 1 heterocycles. The van der Waals surface area contributed by atoms with Crippen LogP contribution in [0.25, 0.3) is 0 Å². The Morgan fingerprint density at radius 1 is 1.47 bits per heavy atom. The second-order valence-electron chi connectivity index (χ2n) is 4.24. The summed E-state index contributed by atoms with van der Waals surface area (Å²) < 4.78 is 0. The Morgan fingerprint density at radius 3 is 2.73 bits per heavy atom. The van der Waals surface area contributed by atoms with Gasteiger partial charge in [-0.2, -0.15) is 0 Å². The highest BCUT2D eigenvalue weighted by atomic mass is 16.3. The van der Waals surface area contributed by atoms with Crippen molar-refractivity contribution in [2.45, 2.75) is 25.8 Å². The van der Waals surface area contributed by atoms with Crippen molar-refractivity contribution in [2.75, 3.05) is 13.3 Å². The third kappa shape index (κ3) is 1.55. The highest BCUT2D eigenvalue weighted by Gasteiger charge is 2.56. The quantitative estimate of drug-likeness (QED) is 0.478. The molecule has 5 nitrogen and oxygen atoms in total. The van der Waals surface area contributed by atoms with E-state index in [4.69, 9.17) is 0 Å². The molecular weight excluding hydrogens is 196 g/mol. The molecule has 0 aromatic heterocycles. The minimum absolute atomic E-state index is 0.0385. The van der Waals surface area contributed by atoms with Gasteiger partial charge in [0.05, 0.1) is 18.6 Å². The predicted octanol–water partition coefficient (Wildman–Crippen LogP) is -0.691. The van der Waals surface area contributed by atoms with Crippen LogP contribution in [0.15, 0.2) is 0 Å². The fourth-order valence-electron chi connectivity index (χ4n) is 2.56. The van der Waals surface area contributed by atoms with Gasteiger partial charge in [0.1, 0.15) is 0 Å². The lowest BCUT2D eigenvalue weighted by molar-refractivity contribution is -0.133. The van der Waals surface area contributed by atoms with Crippen LogP contribution in [0.5, 0.6) is 0 Å². The topological polar surface area (TPSA) is 69.6 Å². The summed E-state index contributed by atoms with van der Waals surface area (Å²) in [5.41, 5.74) is 0. The number of aliphatic hydroxyl groups is 1. The summed E-state index contributed by atoms with van der Waals surface area (Å²) in [4.78, 5) is 24.6. The first-order chi connectivity index (χ1) is 7.19. The minimum Gasteiger partial charge on any atom is -0.381 e. The monoisotopic (exact) mass is 212 g/mol. The van der Waals surface area contributed by atoms with Crippen LogP contribution in [0.1, 0.15) is 19.8 Å². The summed E-state index contributed by atoms with van der Waals surface area (Å²) >= 11 is 0. The second kappa shape index (κ2) is 3.90. The van der Waals surface area contributed by atoms with Crippen molar-refractivity contribution in [3.8, 4) is 0 Å². The van der Waals surface area contributed by atoms with Crippen molar-refractivity contribution >= 4 is 11.8 Å². The molecular formula is C10H16N2O3. The number of imide groups is 1. The zero-order chi connectivity index (χ0) is 11.0. The molecule has 0 radical (unpaired) electrons. The zero-order valence-corrected chi connectivity index (χ0v) is 8.77. The predicted molar refractivity (Wildman–Crippen MR) is 52.6 cm³/mol. The summed E-state index contributed by atoms with van der Waals surface area (Å²) in [6.45, 7) is 2.76. The van der Waals surface area contributed by atoms with Gasteiger partial charge in [0.15, 0.2) is 0 Å². The molecule has 2 fully saturated rings. The zero-order valence-electron chi connectivity index (χ0n) is 8.77. The Morgan fingerprint density at radius 2 is 2.20 bits per heavy atom. The molecule has 1 saturated heterocycles. The molecule has 1 aliphatic carbocycles. The molecule has 2 aliphatic rings. The molecule has 0 aromatic carbocycles. The number of carbonyl (C=O) groups is 2. The summed E-state index contributed by atoms with van der Waals surface area (Å²) in [5, 5.41) is 11.5. The third-order valence-electron chi connectivity index (χ3n) is 3.39. The molecule has 0 aromatic rings. The van der Waals surface area contributed by atoms with Crippen LogP contribution < -0.4 is 5.32 Å². The van der Waals surface area contributed by atoms with Crippen molar-refractivity contribution in [1.29, 1.82) is 0 Å². The first-order valence-electron chi connectivity index (χ1n) is 5.38. The maximum atomic E-state index is 11.4. The number of rotatable bonds is 4. The molecule has 2 unspecified atom stereocenters. The van der Waals surface area contributed by atoms with Crippen molar-refractivity contribution < 1.29 is 14.7 Å². The fourth-order valence-corrected chi connectivity index (χ4v) is 2.56. The second-order valence-corrected chi connectivity index (χ2v) is 4.24. The highest BCUT2D eigenvalue weighted by Crippen LogP contribution is 2.41. The number of nitrogens with zero attached hydrogens (tertiary/aromatic N) is 1. The first kappa shape index (κ1) is 10.6. The molecule has 84 valence electrons. The number of fused-ring (bicyclic) bond motifs is 1. The van der Waals surface area contributed by atoms with Crippen molar-refractivity contribution in [3.63, 3.8) is 0 Å². The van der Waals surface area contributed by atoms with Crippen molar-refractivity contribution in [3.05, 3.63) is 0 Å². The van der Waals surface area contributed by atoms with Gasteiger partial charge in [0.25, 0.3) is 0 Å². The van der Waals surface area contributed by atoms with Gasteiger partial charge in [0.2, 0.25) is 11.8 Å². The van der Waals surface area contributed by atoms with E-state index in [0.29, 0.717) is 6.42 Å². The van der Waals surface area contributed by atoms with Crippen LogP contribution in [0, 0.1) is 11.8 Å². The Kier molecular flexibility index (Phi) is 2.75. The minimum atomic E-state index is -0.226. The van der Waals surface area contributed by atoms with Crippen LogP contribution in [-0.4, -0.2) is 41.1 Å². The van der Waals surface area contributed by atoms with E-state index in [2.05, 4.69) is 5.32 Å². The Labute approximate surface area is 88.4 Å². The van der Waals surface area contributed by atoms with Gasteiger partial charge in [-0.1, -0.05) is 6.92 Å². The lowest BCUT2D eigenvalue weighted by atomic mass is 9.70. The highest BCUT2D eigenvalue weighted by molar-refractivity contribution is 6.06. The van der Waals surface area contributed by atoms with Gasteiger partial charge >= 0.3 is 0 Å². The number of nitrogens with one attached hydrogen (secondary N) is 1. The number of aliphatic hydroxyl groups excluding tert-OH is 1. The normalized spacial score (nSPS) is 33.9. The number of carbonyl (C=O) groups excluding carboxylic acids is 2. The van der Waals surface area contributed by atoms with Crippen molar-refractivity contribution in [1.82, 2.24) is 10.2 Å². The first-order valence-corrected chi connectivity index (χ1v) is 5.38. The van der Waals surface area contributed by atoms with Crippen LogP contribution in [0.4, 0.5) is 0 Å². The number of hydrogen-bond acceptors (Lipinski definition) is 4. The van der Waals surface area contributed by atoms with Crippen LogP contribution >= 0.6 is 0 Å².